The number of halogens is 1. The van der Waals surface area contributed by atoms with Gasteiger partial charge in [-0.3, -0.25) is 4.57 Å². The summed E-state index contributed by atoms with van der Waals surface area (Å²) in [6.45, 7) is 2.60. The first-order valence-electron chi connectivity index (χ1n) is 5.98. The highest BCUT2D eigenvalue weighted by molar-refractivity contribution is 7.71. The molecule has 2 nitrogen and oxygen atoms in total. The van der Waals surface area contributed by atoms with Crippen molar-refractivity contribution >= 4 is 23.3 Å². The van der Waals surface area contributed by atoms with Crippen LogP contribution in [0.4, 0.5) is 4.39 Å². The van der Waals surface area contributed by atoms with Crippen molar-refractivity contribution in [2.75, 3.05) is 0 Å². The van der Waals surface area contributed by atoms with Crippen LogP contribution < -0.4 is 0 Å². The molecule has 0 saturated heterocycles. The third-order valence-electron chi connectivity index (χ3n) is 3.08. The summed E-state index contributed by atoms with van der Waals surface area (Å²) < 4.78 is 20.4. The number of fused-ring (bicyclic) bond motifs is 1. The minimum atomic E-state index is -0.236. The summed E-state index contributed by atoms with van der Waals surface area (Å²) in [7, 11) is 0. The van der Waals surface area contributed by atoms with Crippen molar-refractivity contribution in [1.82, 2.24) is 4.57 Å². The lowest BCUT2D eigenvalue weighted by Gasteiger charge is -2.04. The highest BCUT2D eigenvalue weighted by Crippen LogP contribution is 2.20. The topological polar surface area (TPSA) is 18.1 Å². The Bertz CT molecular complexity index is 786. The number of aryl methyl sites for hydroxylation is 1. The fourth-order valence-corrected chi connectivity index (χ4v) is 2.35. The second kappa shape index (κ2) is 4.63. The van der Waals surface area contributed by atoms with E-state index in [0.717, 1.165) is 22.2 Å². The molecule has 96 valence electrons. The van der Waals surface area contributed by atoms with E-state index in [1.54, 1.807) is 12.1 Å². The van der Waals surface area contributed by atoms with E-state index in [0.29, 0.717) is 11.4 Å². The van der Waals surface area contributed by atoms with Crippen molar-refractivity contribution in [3.63, 3.8) is 0 Å². The maximum atomic E-state index is 12.9. The van der Waals surface area contributed by atoms with E-state index < -0.39 is 0 Å². The molecule has 3 rings (SSSR count). The summed E-state index contributed by atoms with van der Waals surface area (Å²) in [4.78, 5) is 0.435. The van der Waals surface area contributed by atoms with Crippen LogP contribution in [-0.4, -0.2) is 4.57 Å². The average molecular weight is 273 g/mol. The van der Waals surface area contributed by atoms with Crippen molar-refractivity contribution < 1.29 is 8.81 Å². The van der Waals surface area contributed by atoms with Crippen molar-refractivity contribution in [2.24, 2.45) is 0 Å². The zero-order valence-electron chi connectivity index (χ0n) is 10.4. The first-order valence-corrected chi connectivity index (χ1v) is 6.39. The second-order valence-corrected chi connectivity index (χ2v) is 4.90. The van der Waals surface area contributed by atoms with Crippen LogP contribution in [-0.2, 0) is 6.54 Å². The van der Waals surface area contributed by atoms with Crippen LogP contribution in [0.15, 0.2) is 46.9 Å². The summed E-state index contributed by atoms with van der Waals surface area (Å²) >= 11 is 5.24. The van der Waals surface area contributed by atoms with Crippen LogP contribution in [0.3, 0.4) is 0 Å². The smallest absolute Gasteiger partial charge is 0.269 e. The Morgan fingerprint density at radius 1 is 1.16 bits per heavy atom. The summed E-state index contributed by atoms with van der Waals surface area (Å²) in [6, 6.07) is 12.4. The standard InChI is InChI=1S/C15H12FNOS/c1-10-2-7-14-13(8-10)17(15(19)18-14)9-11-3-5-12(16)6-4-11/h2-8H,9H2,1H3. The third kappa shape index (κ3) is 2.31. The summed E-state index contributed by atoms with van der Waals surface area (Å²) in [5, 5.41) is 0. The number of oxazole rings is 1. The van der Waals surface area contributed by atoms with Crippen molar-refractivity contribution in [1.29, 1.82) is 0 Å². The number of benzene rings is 2. The molecule has 0 unspecified atom stereocenters. The number of aromatic nitrogens is 1. The zero-order valence-corrected chi connectivity index (χ0v) is 11.2. The Balaban J connectivity index is 2.09. The maximum absolute atomic E-state index is 12.9. The van der Waals surface area contributed by atoms with Crippen LogP contribution in [0.5, 0.6) is 0 Å². The molecule has 4 heteroatoms. The van der Waals surface area contributed by atoms with Gasteiger partial charge in [-0.15, -0.1) is 0 Å². The third-order valence-corrected chi connectivity index (χ3v) is 3.38. The lowest BCUT2D eigenvalue weighted by Crippen LogP contribution is -1.99. The minimum Gasteiger partial charge on any atom is -0.429 e. The molecule has 19 heavy (non-hydrogen) atoms. The van der Waals surface area contributed by atoms with Crippen LogP contribution in [0.25, 0.3) is 11.1 Å². The van der Waals surface area contributed by atoms with Crippen LogP contribution >= 0.6 is 12.2 Å². The minimum absolute atomic E-state index is 0.236. The Morgan fingerprint density at radius 3 is 2.63 bits per heavy atom. The fourth-order valence-electron chi connectivity index (χ4n) is 2.09. The Hall–Kier alpha value is -1.94. The highest BCUT2D eigenvalue weighted by Gasteiger charge is 2.07. The van der Waals surface area contributed by atoms with Gasteiger partial charge in [0.2, 0.25) is 0 Å². The first-order chi connectivity index (χ1) is 9.13. The molecule has 0 radical (unpaired) electrons. The number of rotatable bonds is 2. The molecular formula is C15H12FNOS. The van der Waals surface area contributed by atoms with Gasteiger partial charge in [0.1, 0.15) is 5.82 Å². The molecule has 0 spiro atoms. The number of hydrogen-bond acceptors (Lipinski definition) is 2. The molecule has 1 heterocycles. The molecular weight excluding hydrogens is 261 g/mol. The van der Waals surface area contributed by atoms with Gasteiger partial charge >= 0.3 is 0 Å². The highest BCUT2D eigenvalue weighted by atomic mass is 32.1. The maximum Gasteiger partial charge on any atom is 0.269 e. The van der Waals surface area contributed by atoms with Crippen molar-refractivity contribution in [2.45, 2.75) is 13.5 Å². The van der Waals surface area contributed by atoms with Gasteiger partial charge in [-0.2, -0.15) is 0 Å². The van der Waals surface area contributed by atoms with Crippen LogP contribution in [0.1, 0.15) is 11.1 Å². The quantitative estimate of drug-likeness (QED) is 0.642. The molecule has 2 aromatic carbocycles. The van der Waals surface area contributed by atoms with Crippen molar-refractivity contribution in [3.8, 4) is 0 Å². The number of nitrogens with zero attached hydrogens (tertiary/aromatic N) is 1. The van der Waals surface area contributed by atoms with Gasteiger partial charge in [-0.1, -0.05) is 18.2 Å². The summed E-state index contributed by atoms with van der Waals surface area (Å²) in [5.41, 5.74) is 3.88. The Morgan fingerprint density at radius 2 is 1.89 bits per heavy atom. The predicted molar refractivity (Wildman–Crippen MR) is 75.3 cm³/mol. The van der Waals surface area contributed by atoms with Crippen molar-refractivity contribution in [3.05, 3.63) is 64.2 Å². The molecule has 0 amide bonds. The average Bonchev–Trinajstić information content (AvgIpc) is 2.69. The lowest BCUT2D eigenvalue weighted by molar-refractivity contribution is 0.548. The summed E-state index contributed by atoms with van der Waals surface area (Å²) in [5.74, 6) is -0.236. The van der Waals surface area contributed by atoms with E-state index in [4.69, 9.17) is 16.6 Å². The summed E-state index contributed by atoms with van der Waals surface area (Å²) in [6.07, 6.45) is 0. The van der Waals surface area contributed by atoms with Gasteiger partial charge < -0.3 is 4.42 Å². The number of hydrogen-bond donors (Lipinski definition) is 0. The Kier molecular flexibility index (Phi) is 2.95. The Labute approximate surface area is 115 Å². The molecule has 0 bridgehead atoms. The molecule has 0 aliphatic heterocycles. The van der Waals surface area contributed by atoms with Crippen LogP contribution in [0, 0.1) is 17.6 Å². The molecule has 0 aliphatic rings. The lowest BCUT2D eigenvalue weighted by atomic mass is 10.2. The SMILES string of the molecule is Cc1ccc2oc(=S)n(Cc3ccc(F)cc3)c2c1. The van der Waals surface area contributed by atoms with Gasteiger partial charge in [-0.25, -0.2) is 4.39 Å². The van der Waals surface area contributed by atoms with E-state index >= 15 is 0 Å². The van der Waals surface area contributed by atoms with Gasteiger partial charge in [-0.05, 0) is 54.5 Å². The second-order valence-electron chi connectivity index (χ2n) is 4.55. The van der Waals surface area contributed by atoms with Gasteiger partial charge in [0, 0.05) is 0 Å². The monoisotopic (exact) mass is 273 g/mol. The fraction of sp³-hybridized carbons (Fsp3) is 0.133. The molecule has 3 aromatic rings. The van der Waals surface area contributed by atoms with E-state index in [2.05, 4.69) is 0 Å². The van der Waals surface area contributed by atoms with E-state index in [-0.39, 0.29) is 5.82 Å². The largest absolute Gasteiger partial charge is 0.429 e. The van der Waals surface area contributed by atoms with Crippen LogP contribution in [0.2, 0.25) is 0 Å². The van der Waals surface area contributed by atoms with Gasteiger partial charge in [0.15, 0.2) is 5.58 Å². The first kappa shape index (κ1) is 12.1. The van der Waals surface area contributed by atoms with Gasteiger partial charge in [0.25, 0.3) is 4.84 Å². The van der Waals surface area contributed by atoms with E-state index in [1.807, 2.05) is 29.7 Å². The van der Waals surface area contributed by atoms with E-state index in [9.17, 15) is 4.39 Å². The molecule has 0 atom stereocenters. The molecule has 0 N–H and O–H groups in total. The van der Waals surface area contributed by atoms with Gasteiger partial charge in [0.05, 0.1) is 12.1 Å². The zero-order chi connectivity index (χ0) is 13.4. The van der Waals surface area contributed by atoms with E-state index in [1.165, 1.54) is 12.1 Å². The molecule has 0 fully saturated rings. The normalized spacial score (nSPS) is 11.1. The molecule has 0 aliphatic carbocycles. The molecule has 0 saturated carbocycles. The predicted octanol–water partition coefficient (Wildman–Crippen LogP) is 4.46. The molecule has 1 aromatic heterocycles.